The van der Waals surface area contributed by atoms with Gasteiger partial charge in [0.05, 0.1) is 29.4 Å². The summed E-state index contributed by atoms with van der Waals surface area (Å²) in [7, 11) is -3.29. The van der Waals surface area contributed by atoms with E-state index in [-0.39, 0.29) is 23.8 Å². The van der Waals surface area contributed by atoms with Gasteiger partial charge in [0, 0.05) is 25.9 Å². The number of carbonyl (C=O) groups is 2. The topological polar surface area (TPSA) is 78.0 Å². The molecule has 2 heterocycles. The average molecular weight is 454 g/mol. The summed E-state index contributed by atoms with van der Waals surface area (Å²) < 4.78 is 25.5. The molecule has 8 heteroatoms. The zero-order valence-corrected chi connectivity index (χ0v) is 19.4. The van der Waals surface area contributed by atoms with Crippen molar-refractivity contribution in [3.05, 3.63) is 42.0 Å². The highest BCUT2D eigenvalue weighted by Crippen LogP contribution is 2.42. The van der Waals surface area contributed by atoms with Crippen molar-refractivity contribution in [2.24, 2.45) is 5.92 Å². The third kappa shape index (κ3) is 3.46. The van der Waals surface area contributed by atoms with E-state index >= 15 is 0 Å². The summed E-state index contributed by atoms with van der Waals surface area (Å²) in [5.74, 6) is 0.184. The molecule has 1 aliphatic carbocycles. The van der Waals surface area contributed by atoms with E-state index < -0.39 is 10.0 Å². The Balaban J connectivity index is 1.57. The lowest BCUT2D eigenvalue weighted by Crippen LogP contribution is -2.51. The summed E-state index contributed by atoms with van der Waals surface area (Å²) in [5, 5.41) is 0. The number of benzene rings is 2. The van der Waals surface area contributed by atoms with Crippen LogP contribution >= 0.6 is 0 Å². The summed E-state index contributed by atoms with van der Waals surface area (Å²) in [4.78, 5) is 29.0. The summed E-state index contributed by atoms with van der Waals surface area (Å²) in [6.07, 6.45) is 3.75. The van der Waals surface area contributed by atoms with E-state index in [1.54, 1.807) is 11.8 Å². The van der Waals surface area contributed by atoms with E-state index in [1.165, 1.54) is 10.6 Å². The lowest BCUT2D eigenvalue weighted by molar-refractivity contribution is -0.120. The van der Waals surface area contributed by atoms with Crippen LogP contribution in [0.1, 0.15) is 32.3 Å². The van der Waals surface area contributed by atoms with Gasteiger partial charge in [0.15, 0.2) is 0 Å². The minimum Gasteiger partial charge on any atom is -0.308 e. The number of sulfonamides is 1. The second-order valence-corrected chi connectivity index (χ2v) is 11.0. The van der Waals surface area contributed by atoms with Crippen molar-refractivity contribution in [1.82, 2.24) is 0 Å². The molecular formula is C24H27N3O4S. The summed E-state index contributed by atoms with van der Waals surface area (Å²) in [6.45, 7) is 4.47. The van der Waals surface area contributed by atoms with E-state index in [0.29, 0.717) is 19.5 Å². The van der Waals surface area contributed by atoms with E-state index in [1.807, 2.05) is 48.2 Å². The van der Waals surface area contributed by atoms with E-state index in [2.05, 4.69) is 0 Å². The van der Waals surface area contributed by atoms with Gasteiger partial charge in [-0.15, -0.1) is 0 Å². The van der Waals surface area contributed by atoms with E-state index in [4.69, 9.17) is 0 Å². The van der Waals surface area contributed by atoms with Gasteiger partial charge in [0.25, 0.3) is 0 Å². The second-order valence-electron chi connectivity index (χ2n) is 9.09. The fourth-order valence-electron chi connectivity index (χ4n) is 4.94. The van der Waals surface area contributed by atoms with Crippen LogP contribution in [0.15, 0.2) is 36.4 Å². The summed E-state index contributed by atoms with van der Waals surface area (Å²) in [6, 6.07) is 11.6. The highest BCUT2D eigenvalue weighted by molar-refractivity contribution is 7.92. The van der Waals surface area contributed by atoms with Crippen LogP contribution in [0.5, 0.6) is 0 Å². The smallest absolute Gasteiger partial charge is 0.232 e. The molecule has 0 radical (unpaired) electrons. The fourth-order valence-corrected chi connectivity index (χ4v) is 5.90. The first-order chi connectivity index (χ1) is 15.1. The highest BCUT2D eigenvalue weighted by Gasteiger charge is 2.39. The Labute approximate surface area is 188 Å². The zero-order chi connectivity index (χ0) is 22.8. The molecule has 2 aromatic carbocycles. The van der Waals surface area contributed by atoms with Gasteiger partial charge in [-0.2, -0.15) is 0 Å². The SMILES string of the molecule is CC(=O)N1c2ccc(-c3ccc4c(c3)CCN4S(C)(=O)=O)cc2N(C(=O)C2CC2)C[C@@H]1C. The van der Waals surface area contributed by atoms with Crippen LogP contribution in [-0.4, -0.2) is 45.6 Å². The van der Waals surface area contributed by atoms with Crippen LogP contribution in [0, 0.1) is 5.92 Å². The van der Waals surface area contributed by atoms with Gasteiger partial charge in [-0.3, -0.25) is 13.9 Å². The average Bonchev–Trinajstić information content (AvgIpc) is 3.49. The molecule has 3 aliphatic rings. The Hall–Kier alpha value is -2.87. The van der Waals surface area contributed by atoms with Crippen molar-refractivity contribution in [1.29, 1.82) is 0 Å². The van der Waals surface area contributed by atoms with Gasteiger partial charge >= 0.3 is 0 Å². The van der Waals surface area contributed by atoms with Crippen molar-refractivity contribution in [2.75, 3.05) is 33.5 Å². The van der Waals surface area contributed by atoms with Gasteiger partial charge in [-0.1, -0.05) is 12.1 Å². The molecule has 1 fully saturated rings. The molecule has 0 bridgehead atoms. The van der Waals surface area contributed by atoms with E-state index in [0.717, 1.165) is 46.6 Å². The summed E-state index contributed by atoms with van der Waals surface area (Å²) in [5.41, 5.74) is 5.17. The lowest BCUT2D eigenvalue weighted by atomic mass is 9.98. The molecule has 0 unspecified atom stereocenters. The van der Waals surface area contributed by atoms with Crippen molar-refractivity contribution in [3.8, 4) is 11.1 Å². The molecule has 0 aromatic heterocycles. The Morgan fingerprint density at radius 1 is 0.969 bits per heavy atom. The van der Waals surface area contributed by atoms with Crippen molar-refractivity contribution in [2.45, 2.75) is 39.2 Å². The first-order valence-corrected chi connectivity index (χ1v) is 12.9. The minimum atomic E-state index is -3.29. The zero-order valence-electron chi connectivity index (χ0n) is 18.5. The summed E-state index contributed by atoms with van der Waals surface area (Å²) >= 11 is 0. The number of amides is 2. The Morgan fingerprint density at radius 2 is 1.62 bits per heavy atom. The standard InChI is InChI=1S/C24H27N3O4S/c1-15-14-25(24(29)17-4-5-17)23-13-19(7-9-22(23)27(15)16(2)28)18-6-8-21-20(12-18)10-11-26(21)32(3,30)31/h6-9,12-13,15,17H,4-5,10-11,14H2,1-3H3/t15-/m0/s1. The van der Waals surface area contributed by atoms with Crippen LogP contribution in [0.4, 0.5) is 17.1 Å². The highest BCUT2D eigenvalue weighted by atomic mass is 32.2. The predicted molar refractivity (Wildman–Crippen MR) is 125 cm³/mol. The monoisotopic (exact) mass is 453 g/mol. The van der Waals surface area contributed by atoms with Crippen LogP contribution in [0.2, 0.25) is 0 Å². The van der Waals surface area contributed by atoms with Crippen molar-refractivity contribution >= 4 is 38.9 Å². The van der Waals surface area contributed by atoms with Gasteiger partial charge in [-0.05, 0) is 67.1 Å². The van der Waals surface area contributed by atoms with Crippen LogP contribution in [0.3, 0.4) is 0 Å². The molecule has 32 heavy (non-hydrogen) atoms. The number of rotatable bonds is 3. The van der Waals surface area contributed by atoms with Gasteiger partial charge in [0.2, 0.25) is 21.8 Å². The van der Waals surface area contributed by atoms with Crippen LogP contribution in [-0.2, 0) is 26.0 Å². The molecular weight excluding hydrogens is 426 g/mol. The largest absolute Gasteiger partial charge is 0.308 e. The molecule has 7 nitrogen and oxygen atoms in total. The number of anilines is 3. The molecule has 2 aromatic rings. The molecule has 1 atom stereocenters. The third-order valence-corrected chi connectivity index (χ3v) is 7.79. The number of hydrogen-bond donors (Lipinski definition) is 0. The van der Waals surface area contributed by atoms with Crippen LogP contribution < -0.4 is 14.1 Å². The molecule has 0 saturated heterocycles. The van der Waals surface area contributed by atoms with Crippen LogP contribution in [0.25, 0.3) is 11.1 Å². The molecule has 0 spiro atoms. The maximum atomic E-state index is 13.0. The first kappa shape index (κ1) is 21.0. The van der Waals surface area contributed by atoms with Gasteiger partial charge in [-0.25, -0.2) is 8.42 Å². The third-order valence-electron chi connectivity index (χ3n) is 6.61. The molecule has 0 N–H and O–H groups in total. The fraction of sp³-hybridized carbons (Fsp3) is 0.417. The van der Waals surface area contributed by atoms with E-state index in [9.17, 15) is 18.0 Å². The maximum absolute atomic E-state index is 13.0. The number of fused-ring (bicyclic) bond motifs is 2. The van der Waals surface area contributed by atoms with Crippen molar-refractivity contribution < 1.29 is 18.0 Å². The Morgan fingerprint density at radius 3 is 2.25 bits per heavy atom. The Kier molecular flexibility index (Phi) is 4.81. The molecule has 1 saturated carbocycles. The maximum Gasteiger partial charge on any atom is 0.232 e. The number of nitrogens with zero attached hydrogens (tertiary/aromatic N) is 3. The predicted octanol–water partition coefficient (Wildman–Crippen LogP) is 3.17. The Bertz CT molecular complexity index is 1240. The molecule has 5 rings (SSSR count). The number of carbonyl (C=O) groups excluding carboxylic acids is 2. The molecule has 2 amide bonds. The van der Waals surface area contributed by atoms with Crippen molar-refractivity contribution in [3.63, 3.8) is 0 Å². The second kappa shape index (κ2) is 7.33. The first-order valence-electron chi connectivity index (χ1n) is 11.0. The molecule has 2 aliphatic heterocycles. The quantitative estimate of drug-likeness (QED) is 0.715. The van der Waals surface area contributed by atoms with Gasteiger partial charge in [0.1, 0.15) is 0 Å². The van der Waals surface area contributed by atoms with Gasteiger partial charge < -0.3 is 9.80 Å². The lowest BCUT2D eigenvalue weighted by Gasteiger charge is -2.41. The number of hydrogen-bond acceptors (Lipinski definition) is 4. The normalized spacial score (nSPS) is 20.2. The molecule has 168 valence electrons. The minimum absolute atomic E-state index is 0.0385.